The van der Waals surface area contributed by atoms with E-state index in [1.165, 1.54) is 0 Å². The first-order valence-corrected chi connectivity index (χ1v) is 6.18. The lowest BCUT2D eigenvalue weighted by atomic mass is 9.95. The number of hydrogen-bond acceptors (Lipinski definition) is 2. The second kappa shape index (κ2) is 5.50. The summed E-state index contributed by atoms with van der Waals surface area (Å²) in [6.45, 7) is 0. The summed E-state index contributed by atoms with van der Waals surface area (Å²) in [4.78, 5) is 11.8. The summed E-state index contributed by atoms with van der Waals surface area (Å²) < 4.78 is 39.5. The fourth-order valence-electron chi connectivity index (χ4n) is 2.27. The molecule has 104 valence electrons. The minimum absolute atomic E-state index is 0.0871. The second-order valence-corrected chi connectivity index (χ2v) is 4.69. The molecule has 1 aliphatic rings. The van der Waals surface area contributed by atoms with Gasteiger partial charge in [0.05, 0.1) is 5.56 Å². The molecule has 2 N–H and O–H groups in total. The van der Waals surface area contributed by atoms with Gasteiger partial charge in [-0.1, -0.05) is 19.3 Å². The van der Waals surface area contributed by atoms with Crippen LogP contribution in [0.25, 0.3) is 0 Å². The molecule has 2 rings (SSSR count). The maximum atomic E-state index is 13.5. The number of phenols is 1. The van der Waals surface area contributed by atoms with E-state index in [9.17, 15) is 18.0 Å². The van der Waals surface area contributed by atoms with Crippen molar-refractivity contribution in [3.63, 3.8) is 0 Å². The van der Waals surface area contributed by atoms with E-state index in [1.54, 1.807) is 0 Å². The molecule has 19 heavy (non-hydrogen) atoms. The molecule has 1 saturated carbocycles. The Balaban J connectivity index is 2.19. The normalized spacial score (nSPS) is 16.4. The van der Waals surface area contributed by atoms with E-state index in [0.29, 0.717) is 6.07 Å². The van der Waals surface area contributed by atoms with Crippen LogP contribution < -0.4 is 5.32 Å². The van der Waals surface area contributed by atoms with Crippen LogP contribution in [0.3, 0.4) is 0 Å². The summed E-state index contributed by atoms with van der Waals surface area (Å²) in [7, 11) is 0. The number of hydrogen-bond donors (Lipinski definition) is 2. The van der Waals surface area contributed by atoms with Gasteiger partial charge in [-0.3, -0.25) is 4.79 Å². The third kappa shape index (κ3) is 2.83. The molecule has 0 bridgehead atoms. The molecule has 0 heterocycles. The SMILES string of the molecule is O=C(NC1CCCCC1)c1cc(F)c(F)c(O)c1F. The smallest absolute Gasteiger partial charge is 0.254 e. The first-order chi connectivity index (χ1) is 9.00. The second-order valence-electron chi connectivity index (χ2n) is 4.69. The predicted molar refractivity (Wildman–Crippen MR) is 62.3 cm³/mol. The molecule has 3 nitrogen and oxygen atoms in total. The minimum Gasteiger partial charge on any atom is -0.503 e. The number of rotatable bonds is 2. The number of nitrogens with one attached hydrogen (secondary N) is 1. The van der Waals surface area contributed by atoms with Crippen LogP contribution in [0.15, 0.2) is 6.07 Å². The molecule has 0 aromatic heterocycles. The Bertz CT molecular complexity index is 499. The Morgan fingerprint density at radius 1 is 1.16 bits per heavy atom. The largest absolute Gasteiger partial charge is 0.503 e. The van der Waals surface area contributed by atoms with E-state index in [0.717, 1.165) is 32.1 Å². The number of carbonyl (C=O) groups excluding carboxylic acids is 1. The molecular weight excluding hydrogens is 259 g/mol. The third-order valence-corrected chi connectivity index (χ3v) is 3.32. The van der Waals surface area contributed by atoms with Crippen LogP contribution in [-0.2, 0) is 0 Å². The highest BCUT2D eigenvalue weighted by Crippen LogP contribution is 2.26. The van der Waals surface area contributed by atoms with Gasteiger partial charge in [0.2, 0.25) is 5.82 Å². The molecule has 6 heteroatoms. The van der Waals surface area contributed by atoms with Crippen LogP contribution in [0.1, 0.15) is 42.5 Å². The van der Waals surface area contributed by atoms with Crippen LogP contribution in [0.5, 0.6) is 5.75 Å². The fraction of sp³-hybridized carbons (Fsp3) is 0.462. The van der Waals surface area contributed by atoms with Gasteiger partial charge in [-0.05, 0) is 18.9 Å². The third-order valence-electron chi connectivity index (χ3n) is 3.32. The monoisotopic (exact) mass is 273 g/mol. The average molecular weight is 273 g/mol. The Morgan fingerprint density at radius 2 is 1.79 bits per heavy atom. The maximum Gasteiger partial charge on any atom is 0.254 e. The highest BCUT2D eigenvalue weighted by atomic mass is 19.2. The molecule has 0 saturated heterocycles. The van der Waals surface area contributed by atoms with E-state index in [1.807, 2.05) is 0 Å². The summed E-state index contributed by atoms with van der Waals surface area (Å²) in [5, 5.41) is 11.6. The van der Waals surface area contributed by atoms with E-state index in [2.05, 4.69) is 5.32 Å². The first-order valence-electron chi connectivity index (χ1n) is 6.18. The van der Waals surface area contributed by atoms with Crippen molar-refractivity contribution in [3.05, 3.63) is 29.1 Å². The molecule has 1 amide bonds. The van der Waals surface area contributed by atoms with E-state index >= 15 is 0 Å². The van der Waals surface area contributed by atoms with Crippen molar-refractivity contribution in [2.24, 2.45) is 0 Å². The lowest BCUT2D eigenvalue weighted by molar-refractivity contribution is 0.0922. The summed E-state index contributed by atoms with van der Waals surface area (Å²) in [5.74, 6) is -6.88. The van der Waals surface area contributed by atoms with E-state index < -0.39 is 34.7 Å². The molecule has 0 atom stereocenters. The van der Waals surface area contributed by atoms with Gasteiger partial charge >= 0.3 is 0 Å². The molecule has 0 spiro atoms. The van der Waals surface area contributed by atoms with Crippen molar-refractivity contribution in [2.45, 2.75) is 38.1 Å². The van der Waals surface area contributed by atoms with Gasteiger partial charge in [0.1, 0.15) is 0 Å². The van der Waals surface area contributed by atoms with E-state index in [-0.39, 0.29) is 6.04 Å². The Labute approximate surface area is 108 Å². The zero-order valence-corrected chi connectivity index (χ0v) is 10.2. The molecule has 1 aromatic rings. The quantitative estimate of drug-likeness (QED) is 0.814. The topological polar surface area (TPSA) is 49.3 Å². The molecule has 1 aromatic carbocycles. The number of amides is 1. The lowest BCUT2D eigenvalue weighted by Crippen LogP contribution is -2.36. The average Bonchev–Trinajstić information content (AvgIpc) is 2.41. The van der Waals surface area contributed by atoms with Crippen LogP contribution in [0.2, 0.25) is 0 Å². The Kier molecular flexibility index (Phi) is 3.97. The van der Waals surface area contributed by atoms with Gasteiger partial charge in [-0.15, -0.1) is 0 Å². The van der Waals surface area contributed by atoms with Gasteiger partial charge < -0.3 is 10.4 Å². The van der Waals surface area contributed by atoms with Crippen molar-refractivity contribution in [2.75, 3.05) is 0 Å². The number of aromatic hydroxyl groups is 1. The molecular formula is C13H14F3NO2. The molecule has 1 aliphatic carbocycles. The fourth-order valence-corrected chi connectivity index (χ4v) is 2.27. The van der Waals surface area contributed by atoms with Gasteiger partial charge in [-0.25, -0.2) is 8.78 Å². The lowest BCUT2D eigenvalue weighted by Gasteiger charge is -2.22. The molecule has 0 unspecified atom stereocenters. The van der Waals surface area contributed by atoms with Gasteiger partial charge in [-0.2, -0.15) is 4.39 Å². The van der Waals surface area contributed by atoms with Crippen LogP contribution in [0.4, 0.5) is 13.2 Å². The first kappa shape index (κ1) is 13.7. The van der Waals surface area contributed by atoms with Crippen molar-refractivity contribution in [1.82, 2.24) is 5.32 Å². The molecule has 0 radical (unpaired) electrons. The summed E-state index contributed by atoms with van der Waals surface area (Å²) >= 11 is 0. The molecule has 1 fully saturated rings. The Morgan fingerprint density at radius 3 is 2.42 bits per heavy atom. The van der Waals surface area contributed by atoms with Gasteiger partial charge in [0.15, 0.2) is 17.4 Å². The van der Waals surface area contributed by atoms with Gasteiger partial charge in [0, 0.05) is 6.04 Å². The van der Waals surface area contributed by atoms with Crippen LogP contribution in [0, 0.1) is 17.5 Å². The number of phenolic OH excluding ortho intramolecular Hbond substituents is 1. The van der Waals surface area contributed by atoms with Crippen LogP contribution in [-0.4, -0.2) is 17.1 Å². The highest BCUT2D eigenvalue weighted by molar-refractivity contribution is 5.95. The minimum atomic E-state index is -1.69. The van der Waals surface area contributed by atoms with Crippen molar-refractivity contribution >= 4 is 5.91 Å². The summed E-state index contributed by atoms with van der Waals surface area (Å²) in [5.41, 5.74) is -0.679. The number of carbonyl (C=O) groups is 1. The van der Waals surface area contributed by atoms with E-state index in [4.69, 9.17) is 5.11 Å². The summed E-state index contributed by atoms with van der Waals surface area (Å²) in [6.07, 6.45) is 4.59. The van der Waals surface area contributed by atoms with Crippen LogP contribution >= 0.6 is 0 Å². The Hall–Kier alpha value is -1.72. The predicted octanol–water partition coefficient (Wildman–Crippen LogP) is 2.87. The standard InChI is InChI=1S/C13H14F3NO2/c14-9-6-8(10(15)12(18)11(9)16)13(19)17-7-4-2-1-3-5-7/h6-7,18H,1-5H2,(H,17,19). The van der Waals surface area contributed by atoms with Crippen molar-refractivity contribution in [3.8, 4) is 5.75 Å². The van der Waals surface area contributed by atoms with Gasteiger partial charge in [0.25, 0.3) is 5.91 Å². The summed E-state index contributed by atoms with van der Waals surface area (Å²) in [6, 6.07) is 0.374. The highest BCUT2D eigenvalue weighted by Gasteiger charge is 2.24. The van der Waals surface area contributed by atoms with Crippen molar-refractivity contribution in [1.29, 1.82) is 0 Å². The zero-order valence-electron chi connectivity index (χ0n) is 10.2. The molecule has 0 aliphatic heterocycles. The number of benzene rings is 1. The van der Waals surface area contributed by atoms with Crippen molar-refractivity contribution < 1.29 is 23.1 Å². The maximum absolute atomic E-state index is 13.5. The number of halogens is 3. The zero-order chi connectivity index (χ0) is 14.0.